The van der Waals surface area contributed by atoms with Crippen LogP contribution in [0.25, 0.3) is 0 Å². The van der Waals surface area contributed by atoms with Gasteiger partial charge in [0.15, 0.2) is 11.5 Å². The molecule has 2 rings (SSSR count). The number of carboxylic acid groups (broad SMARTS) is 1. The Labute approximate surface area is 135 Å². The molecule has 1 aliphatic rings. The third kappa shape index (κ3) is 4.03. The van der Waals surface area contributed by atoms with Crippen LogP contribution in [0.5, 0.6) is 11.5 Å². The lowest BCUT2D eigenvalue weighted by atomic mass is 9.82. The number of anilines is 1. The van der Waals surface area contributed by atoms with Gasteiger partial charge in [-0.05, 0) is 31.9 Å². The first-order valence-electron chi connectivity index (χ1n) is 7.56. The largest absolute Gasteiger partial charge is 0.493 e. The summed E-state index contributed by atoms with van der Waals surface area (Å²) in [4.78, 5) is 23.7. The van der Waals surface area contributed by atoms with Gasteiger partial charge in [0.2, 0.25) is 5.91 Å². The van der Waals surface area contributed by atoms with Gasteiger partial charge in [-0.2, -0.15) is 0 Å². The van der Waals surface area contributed by atoms with Gasteiger partial charge in [-0.3, -0.25) is 9.59 Å². The zero-order chi connectivity index (χ0) is 16.8. The summed E-state index contributed by atoms with van der Waals surface area (Å²) in [5.41, 5.74) is 0.554. The standard InChI is InChI=1S/C17H21NO5/c1-3-23-15-10-11(8-9-14(15)22-2)18-16(19)12-6-4-5-7-13(12)17(20)21/h4-5,8-10,12-13H,3,6-7H2,1-2H3,(H,18,19)(H,20,21)/t12-,13-/m1/s1. The van der Waals surface area contributed by atoms with E-state index in [4.69, 9.17) is 9.47 Å². The summed E-state index contributed by atoms with van der Waals surface area (Å²) in [6.07, 6.45) is 4.46. The van der Waals surface area contributed by atoms with Crippen molar-refractivity contribution in [3.63, 3.8) is 0 Å². The highest BCUT2D eigenvalue weighted by molar-refractivity contribution is 5.95. The Morgan fingerprint density at radius 1 is 1.22 bits per heavy atom. The second kappa shape index (κ2) is 7.67. The van der Waals surface area contributed by atoms with Gasteiger partial charge in [0.1, 0.15) is 0 Å². The van der Waals surface area contributed by atoms with Crippen LogP contribution in [0.3, 0.4) is 0 Å². The van der Waals surface area contributed by atoms with Crippen LogP contribution >= 0.6 is 0 Å². The maximum atomic E-state index is 12.4. The normalized spacial score (nSPS) is 19.9. The van der Waals surface area contributed by atoms with E-state index in [0.29, 0.717) is 36.6 Å². The second-order valence-electron chi connectivity index (χ2n) is 5.28. The number of carbonyl (C=O) groups excluding carboxylic acids is 1. The number of allylic oxidation sites excluding steroid dienone is 2. The first kappa shape index (κ1) is 16.9. The molecular formula is C17H21NO5. The minimum Gasteiger partial charge on any atom is -0.493 e. The molecule has 0 saturated carbocycles. The molecule has 0 aliphatic heterocycles. The third-order valence-corrected chi connectivity index (χ3v) is 3.82. The molecule has 0 spiro atoms. The summed E-state index contributed by atoms with van der Waals surface area (Å²) in [7, 11) is 1.54. The fourth-order valence-electron chi connectivity index (χ4n) is 2.63. The number of rotatable bonds is 6. The van der Waals surface area contributed by atoms with E-state index in [0.717, 1.165) is 0 Å². The van der Waals surface area contributed by atoms with Gasteiger partial charge in [0.25, 0.3) is 0 Å². The van der Waals surface area contributed by atoms with E-state index in [1.807, 2.05) is 19.1 Å². The number of carbonyl (C=O) groups is 2. The highest BCUT2D eigenvalue weighted by atomic mass is 16.5. The minimum absolute atomic E-state index is 0.297. The Kier molecular flexibility index (Phi) is 5.62. The SMILES string of the molecule is CCOc1cc(NC(=O)[C@@H]2CC=CC[C@H]2C(=O)O)ccc1OC. The van der Waals surface area contributed by atoms with E-state index in [-0.39, 0.29) is 5.91 Å². The summed E-state index contributed by atoms with van der Waals surface area (Å²) in [6.45, 7) is 2.33. The maximum absolute atomic E-state index is 12.4. The molecule has 0 aromatic heterocycles. The Hall–Kier alpha value is -2.50. The molecule has 2 N–H and O–H groups in total. The van der Waals surface area contributed by atoms with Gasteiger partial charge in [-0.1, -0.05) is 12.2 Å². The zero-order valence-corrected chi connectivity index (χ0v) is 13.2. The quantitative estimate of drug-likeness (QED) is 0.788. The van der Waals surface area contributed by atoms with Crippen molar-refractivity contribution < 1.29 is 24.2 Å². The topological polar surface area (TPSA) is 84.9 Å². The average molecular weight is 319 g/mol. The summed E-state index contributed by atoms with van der Waals surface area (Å²) >= 11 is 0. The van der Waals surface area contributed by atoms with E-state index in [1.165, 1.54) is 0 Å². The molecule has 1 aliphatic carbocycles. The van der Waals surface area contributed by atoms with Crippen molar-refractivity contribution in [2.24, 2.45) is 11.8 Å². The number of ether oxygens (including phenoxy) is 2. The van der Waals surface area contributed by atoms with Crippen molar-refractivity contribution in [1.29, 1.82) is 0 Å². The molecular weight excluding hydrogens is 298 g/mol. The molecule has 6 heteroatoms. The molecule has 0 unspecified atom stereocenters. The van der Waals surface area contributed by atoms with Crippen LogP contribution < -0.4 is 14.8 Å². The summed E-state index contributed by atoms with van der Waals surface area (Å²) < 4.78 is 10.7. The van der Waals surface area contributed by atoms with Gasteiger partial charge in [0.05, 0.1) is 25.6 Å². The van der Waals surface area contributed by atoms with Crippen LogP contribution in [0, 0.1) is 11.8 Å². The van der Waals surface area contributed by atoms with Crippen molar-refractivity contribution in [3.8, 4) is 11.5 Å². The highest BCUT2D eigenvalue weighted by Gasteiger charge is 2.34. The van der Waals surface area contributed by atoms with Crippen LogP contribution in [-0.4, -0.2) is 30.7 Å². The zero-order valence-electron chi connectivity index (χ0n) is 13.2. The fourth-order valence-corrected chi connectivity index (χ4v) is 2.63. The van der Waals surface area contributed by atoms with Crippen LogP contribution in [-0.2, 0) is 9.59 Å². The predicted molar refractivity (Wildman–Crippen MR) is 85.8 cm³/mol. The van der Waals surface area contributed by atoms with Crippen molar-refractivity contribution >= 4 is 17.6 Å². The van der Waals surface area contributed by atoms with Crippen molar-refractivity contribution in [2.45, 2.75) is 19.8 Å². The maximum Gasteiger partial charge on any atom is 0.307 e. The number of benzene rings is 1. The predicted octanol–water partition coefficient (Wildman–Crippen LogP) is 2.70. The first-order valence-corrected chi connectivity index (χ1v) is 7.56. The van der Waals surface area contributed by atoms with E-state index in [2.05, 4.69) is 5.32 Å². The Bertz CT molecular complexity index is 611. The molecule has 1 aromatic rings. The number of amides is 1. The van der Waals surface area contributed by atoms with Gasteiger partial charge >= 0.3 is 5.97 Å². The van der Waals surface area contributed by atoms with Crippen LogP contribution in [0.15, 0.2) is 30.4 Å². The summed E-state index contributed by atoms with van der Waals surface area (Å²) in [6, 6.07) is 5.08. The Morgan fingerprint density at radius 2 is 1.91 bits per heavy atom. The van der Waals surface area contributed by atoms with E-state index < -0.39 is 17.8 Å². The van der Waals surface area contributed by atoms with Crippen LogP contribution in [0.4, 0.5) is 5.69 Å². The highest BCUT2D eigenvalue weighted by Crippen LogP contribution is 2.32. The minimum atomic E-state index is -0.945. The summed E-state index contributed by atoms with van der Waals surface area (Å²) in [5, 5.41) is 12.0. The molecule has 124 valence electrons. The lowest BCUT2D eigenvalue weighted by Crippen LogP contribution is -2.34. The number of aliphatic carboxylic acids is 1. The first-order chi connectivity index (χ1) is 11.1. The lowest BCUT2D eigenvalue weighted by molar-refractivity contribution is -0.146. The van der Waals surface area contributed by atoms with E-state index >= 15 is 0 Å². The molecule has 0 heterocycles. The average Bonchev–Trinajstić information content (AvgIpc) is 2.55. The number of hydrogen-bond acceptors (Lipinski definition) is 4. The van der Waals surface area contributed by atoms with Gasteiger partial charge in [-0.25, -0.2) is 0 Å². The third-order valence-electron chi connectivity index (χ3n) is 3.82. The fraction of sp³-hybridized carbons (Fsp3) is 0.412. The van der Waals surface area contributed by atoms with Gasteiger partial charge < -0.3 is 19.9 Å². The van der Waals surface area contributed by atoms with Crippen molar-refractivity contribution in [1.82, 2.24) is 0 Å². The summed E-state index contributed by atoms with van der Waals surface area (Å²) in [5.74, 6) is -1.40. The Morgan fingerprint density at radius 3 is 2.52 bits per heavy atom. The molecule has 23 heavy (non-hydrogen) atoms. The molecule has 0 radical (unpaired) electrons. The van der Waals surface area contributed by atoms with Crippen molar-refractivity contribution in [2.75, 3.05) is 19.0 Å². The van der Waals surface area contributed by atoms with Gasteiger partial charge in [0, 0.05) is 11.8 Å². The molecule has 2 atom stereocenters. The lowest BCUT2D eigenvalue weighted by Gasteiger charge is -2.24. The molecule has 6 nitrogen and oxygen atoms in total. The van der Waals surface area contributed by atoms with Crippen LogP contribution in [0.2, 0.25) is 0 Å². The smallest absolute Gasteiger partial charge is 0.307 e. The van der Waals surface area contributed by atoms with E-state index in [9.17, 15) is 14.7 Å². The van der Waals surface area contributed by atoms with Crippen molar-refractivity contribution in [3.05, 3.63) is 30.4 Å². The molecule has 0 fully saturated rings. The number of nitrogens with one attached hydrogen (secondary N) is 1. The Balaban J connectivity index is 2.14. The number of carboxylic acids is 1. The molecule has 0 saturated heterocycles. The molecule has 1 aromatic carbocycles. The second-order valence-corrected chi connectivity index (χ2v) is 5.28. The van der Waals surface area contributed by atoms with Gasteiger partial charge in [-0.15, -0.1) is 0 Å². The molecule has 1 amide bonds. The number of hydrogen-bond donors (Lipinski definition) is 2. The monoisotopic (exact) mass is 319 g/mol. The molecule has 0 bridgehead atoms. The number of methoxy groups -OCH3 is 1. The van der Waals surface area contributed by atoms with Crippen LogP contribution in [0.1, 0.15) is 19.8 Å². The van der Waals surface area contributed by atoms with E-state index in [1.54, 1.807) is 25.3 Å².